The maximum absolute atomic E-state index is 14.0. The van der Waals surface area contributed by atoms with Crippen molar-refractivity contribution in [1.82, 2.24) is 9.80 Å². The van der Waals surface area contributed by atoms with Gasteiger partial charge in [0.1, 0.15) is 5.00 Å². The van der Waals surface area contributed by atoms with E-state index in [-0.39, 0.29) is 36.5 Å². The van der Waals surface area contributed by atoms with E-state index < -0.39 is 5.97 Å². The highest BCUT2D eigenvalue weighted by molar-refractivity contribution is 7.17. The number of ether oxygens (including phenoxy) is 1. The number of nitrogens with zero attached hydrogens (tertiary/aromatic N) is 2. The molecular formula is C46H52N4O7S. The molecule has 4 aromatic rings. The molecule has 1 saturated carbocycles. The highest BCUT2D eigenvalue weighted by Crippen LogP contribution is 2.39. The summed E-state index contributed by atoms with van der Waals surface area (Å²) in [5, 5.41) is 15.7. The number of anilines is 2. The van der Waals surface area contributed by atoms with Crippen LogP contribution in [0.1, 0.15) is 116 Å². The van der Waals surface area contributed by atoms with Crippen LogP contribution >= 0.6 is 11.3 Å². The van der Waals surface area contributed by atoms with E-state index in [1.54, 1.807) is 12.1 Å². The summed E-state index contributed by atoms with van der Waals surface area (Å²) in [7, 11) is 1.37. The number of piperidine rings is 1. The summed E-state index contributed by atoms with van der Waals surface area (Å²) >= 11 is 1.51. The number of aryl methyl sites for hydroxylation is 3. The molecule has 7 rings (SSSR count). The fraction of sp³-hybridized carbons (Fsp3) is 0.413. The molecule has 2 aliphatic carbocycles. The van der Waals surface area contributed by atoms with Gasteiger partial charge in [-0.2, -0.15) is 0 Å². The minimum Gasteiger partial charge on any atom is -0.481 e. The van der Waals surface area contributed by atoms with Crippen molar-refractivity contribution < 1.29 is 33.8 Å². The van der Waals surface area contributed by atoms with E-state index in [0.717, 1.165) is 91.3 Å². The first kappa shape index (κ1) is 40.9. The zero-order valence-electron chi connectivity index (χ0n) is 33.1. The standard InChI is InChI=1S/C46H52N4O7S/c1-57-46(56)33-18-14-30(15-19-33)12-13-31-16-20-35(21-17-31)47-44(55)42-38-8-2-3-9-39(38)58-45(42)48-43(54)34-7-4-6-32(28-34)29-50(36-22-23-36)37-24-26-49(27-25-37)40(51)10-5-11-41(52)53/h4,6-7,14-21,28,36-37H,2-3,5,8-13,22-27,29H2,1H3,(H,47,55)(H,48,54)(H,52,53). The Morgan fingerprint density at radius 2 is 1.45 bits per heavy atom. The number of carbonyl (C=O) groups excluding carboxylic acids is 4. The van der Waals surface area contributed by atoms with Crippen LogP contribution in [0.4, 0.5) is 10.7 Å². The molecule has 12 heteroatoms. The number of fused-ring (bicyclic) bond motifs is 1. The number of methoxy groups -OCH3 is 1. The van der Waals surface area contributed by atoms with Gasteiger partial charge in [-0.3, -0.25) is 24.1 Å². The fourth-order valence-corrected chi connectivity index (χ4v) is 9.49. The molecule has 1 aliphatic heterocycles. The number of carboxylic acid groups (broad SMARTS) is 1. The van der Waals surface area contributed by atoms with Crippen molar-refractivity contribution in [2.75, 3.05) is 30.8 Å². The molecule has 0 bridgehead atoms. The van der Waals surface area contributed by atoms with Crippen LogP contribution in [-0.4, -0.2) is 76.8 Å². The highest BCUT2D eigenvalue weighted by Gasteiger charge is 2.36. The SMILES string of the molecule is COC(=O)c1ccc(CCc2ccc(NC(=O)c3c(NC(=O)c4cccc(CN(C5CC5)C5CCN(C(=O)CCCC(=O)O)CC5)c4)sc4c3CCCC4)cc2)cc1. The van der Waals surface area contributed by atoms with Crippen molar-refractivity contribution in [2.24, 2.45) is 0 Å². The third-order valence-electron chi connectivity index (χ3n) is 11.6. The monoisotopic (exact) mass is 804 g/mol. The topological polar surface area (TPSA) is 145 Å². The summed E-state index contributed by atoms with van der Waals surface area (Å²) in [5.74, 6) is -1.66. The van der Waals surface area contributed by atoms with Gasteiger partial charge in [0.05, 0.1) is 18.2 Å². The predicted molar refractivity (Wildman–Crippen MR) is 225 cm³/mol. The molecule has 2 heterocycles. The third kappa shape index (κ3) is 10.4. The lowest BCUT2D eigenvalue weighted by molar-refractivity contribution is -0.137. The second kappa shape index (κ2) is 18.9. The van der Waals surface area contributed by atoms with E-state index in [1.807, 2.05) is 59.5 Å². The van der Waals surface area contributed by atoms with Gasteiger partial charge in [0, 0.05) is 60.7 Å². The summed E-state index contributed by atoms with van der Waals surface area (Å²) in [6.07, 6.45) is 10.0. The predicted octanol–water partition coefficient (Wildman–Crippen LogP) is 7.91. The lowest BCUT2D eigenvalue weighted by atomic mass is 9.95. The van der Waals surface area contributed by atoms with E-state index >= 15 is 0 Å². The van der Waals surface area contributed by atoms with Crippen LogP contribution in [0.5, 0.6) is 0 Å². The van der Waals surface area contributed by atoms with Crippen molar-refractivity contribution in [3.8, 4) is 0 Å². The van der Waals surface area contributed by atoms with Gasteiger partial charge in [0.2, 0.25) is 5.91 Å². The van der Waals surface area contributed by atoms with Gasteiger partial charge in [-0.05, 0) is 129 Å². The number of nitrogens with one attached hydrogen (secondary N) is 2. The highest BCUT2D eigenvalue weighted by atomic mass is 32.1. The second-order valence-electron chi connectivity index (χ2n) is 15.7. The van der Waals surface area contributed by atoms with Gasteiger partial charge in [-0.25, -0.2) is 4.79 Å². The van der Waals surface area contributed by atoms with Crippen LogP contribution in [-0.2, 0) is 46.6 Å². The first-order valence-electron chi connectivity index (χ1n) is 20.5. The number of hydrogen-bond donors (Lipinski definition) is 3. The molecule has 1 saturated heterocycles. The normalized spacial score (nSPS) is 15.4. The van der Waals surface area contributed by atoms with Crippen molar-refractivity contribution in [1.29, 1.82) is 0 Å². The summed E-state index contributed by atoms with van der Waals surface area (Å²) in [4.78, 5) is 68.7. The zero-order chi connectivity index (χ0) is 40.6. The minimum absolute atomic E-state index is 0.0118. The number of aliphatic carboxylic acids is 1. The van der Waals surface area contributed by atoms with Gasteiger partial charge in [0.25, 0.3) is 11.8 Å². The maximum atomic E-state index is 14.0. The summed E-state index contributed by atoms with van der Waals surface area (Å²) in [6, 6.07) is 23.9. The van der Waals surface area contributed by atoms with Gasteiger partial charge >= 0.3 is 11.9 Å². The van der Waals surface area contributed by atoms with Gasteiger partial charge in [-0.15, -0.1) is 11.3 Å². The number of thiophene rings is 1. The van der Waals surface area contributed by atoms with Crippen molar-refractivity contribution in [3.05, 3.63) is 117 Å². The Kier molecular flexibility index (Phi) is 13.3. The summed E-state index contributed by atoms with van der Waals surface area (Å²) in [6.45, 7) is 2.06. The van der Waals surface area contributed by atoms with Crippen LogP contribution in [0.3, 0.4) is 0 Å². The van der Waals surface area contributed by atoms with Crippen molar-refractivity contribution in [2.45, 2.75) is 102 Å². The fourth-order valence-electron chi connectivity index (χ4n) is 8.21. The molecule has 0 unspecified atom stereocenters. The Bertz CT molecular complexity index is 2120. The van der Waals surface area contributed by atoms with E-state index in [0.29, 0.717) is 65.5 Å². The maximum Gasteiger partial charge on any atom is 0.337 e. The van der Waals surface area contributed by atoms with Crippen LogP contribution in [0.25, 0.3) is 0 Å². The average Bonchev–Trinajstić information content (AvgIpc) is 4.02. The number of carbonyl (C=O) groups is 5. The number of esters is 1. The first-order chi connectivity index (χ1) is 28.1. The molecule has 3 aromatic carbocycles. The quantitative estimate of drug-likeness (QED) is 0.0970. The van der Waals surface area contributed by atoms with Crippen LogP contribution < -0.4 is 10.6 Å². The summed E-state index contributed by atoms with van der Waals surface area (Å²) < 4.78 is 4.79. The molecular weight excluding hydrogens is 753 g/mol. The number of likely N-dealkylation sites (tertiary alicyclic amines) is 1. The lowest BCUT2D eigenvalue weighted by Gasteiger charge is -2.39. The lowest BCUT2D eigenvalue weighted by Crippen LogP contribution is -2.47. The minimum atomic E-state index is -0.874. The Labute approximate surface area is 343 Å². The molecule has 0 radical (unpaired) electrons. The Morgan fingerprint density at radius 1 is 0.776 bits per heavy atom. The number of hydrogen-bond acceptors (Lipinski definition) is 8. The van der Waals surface area contributed by atoms with E-state index in [2.05, 4.69) is 21.6 Å². The van der Waals surface area contributed by atoms with Crippen LogP contribution in [0.2, 0.25) is 0 Å². The number of carboxylic acids is 1. The smallest absolute Gasteiger partial charge is 0.337 e. The molecule has 1 aromatic heterocycles. The second-order valence-corrected chi connectivity index (χ2v) is 16.8. The van der Waals surface area contributed by atoms with E-state index in [9.17, 15) is 24.0 Å². The zero-order valence-corrected chi connectivity index (χ0v) is 33.9. The van der Waals surface area contributed by atoms with Crippen LogP contribution in [0.15, 0.2) is 72.8 Å². The molecule has 3 N–H and O–H groups in total. The molecule has 304 valence electrons. The van der Waals surface area contributed by atoms with E-state index in [1.165, 1.54) is 18.4 Å². The molecule has 3 amide bonds. The Balaban J connectivity index is 0.970. The van der Waals surface area contributed by atoms with Crippen molar-refractivity contribution in [3.63, 3.8) is 0 Å². The number of amides is 3. The molecule has 11 nitrogen and oxygen atoms in total. The molecule has 3 aliphatic rings. The molecule has 0 spiro atoms. The Hall–Kier alpha value is -5.33. The number of benzene rings is 3. The molecule has 0 atom stereocenters. The first-order valence-corrected chi connectivity index (χ1v) is 21.3. The van der Waals surface area contributed by atoms with Gasteiger partial charge < -0.3 is 25.4 Å². The summed E-state index contributed by atoms with van der Waals surface area (Å²) in [5.41, 5.74) is 6.63. The molecule has 58 heavy (non-hydrogen) atoms. The average molecular weight is 805 g/mol. The van der Waals surface area contributed by atoms with Crippen LogP contribution in [0, 0.1) is 0 Å². The number of rotatable bonds is 16. The molecule has 2 fully saturated rings. The van der Waals surface area contributed by atoms with Gasteiger partial charge in [0.15, 0.2) is 0 Å². The third-order valence-corrected chi connectivity index (χ3v) is 12.8. The van der Waals surface area contributed by atoms with Crippen molar-refractivity contribution >= 4 is 51.7 Å². The van der Waals surface area contributed by atoms with E-state index in [4.69, 9.17) is 9.84 Å². The van der Waals surface area contributed by atoms with Gasteiger partial charge in [-0.1, -0.05) is 36.4 Å². The Morgan fingerprint density at radius 3 is 2.12 bits per heavy atom. The largest absolute Gasteiger partial charge is 0.481 e.